The molecular formula is C24H26FNO2. The fourth-order valence-electron chi connectivity index (χ4n) is 6.38. The van der Waals surface area contributed by atoms with Crippen molar-refractivity contribution in [3.63, 3.8) is 0 Å². The van der Waals surface area contributed by atoms with Crippen molar-refractivity contribution < 1.29 is 13.9 Å². The molecule has 0 atom stereocenters. The molecule has 0 aliphatic heterocycles. The number of hydrogen-bond acceptors (Lipinski definition) is 2. The molecular weight excluding hydrogens is 353 g/mol. The molecule has 1 N–H and O–H groups in total. The van der Waals surface area contributed by atoms with Crippen LogP contribution in [0.25, 0.3) is 0 Å². The normalized spacial score (nSPS) is 30.3. The van der Waals surface area contributed by atoms with Gasteiger partial charge in [0, 0.05) is 11.3 Å². The molecule has 0 unspecified atom stereocenters. The molecule has 4 aliphatic carbocycles. The highest BCUT2D eigenvalue weighted by Crippen LogP contribution is 2.60. The lowest BCUT2D eigenvalue weighted by atomic mass is 9.48. The molecule has 0 radical (unpaired) electrons. The third-order valence-electron chi connectivity index (χ3n) is 7.21. The third-order valence-corrected chi connectivity index (χ3v) is 7.21. The molecule has 0 heterocycles. The number of carbonyl (C=O) groups excluding carboxylic acids is 1. The van der Waals surface area contributed by atoms with Crippen molar-refractivity contribution in [3.8, 4) is 5.75 Å². The second-order valence-corrected chi connectivity index (χ2v) is 9.08. The summed E-state index contributed by atoms with van der Waals surface area (Å²) in [6.07, 6.45) is 8.30. The highest BCUT2D eigenvalue weighted by Gasteiger charge is 2.51. The maximum Gasteiger partial charge on any atom is 0.255 e. The second kappa shape index (κ2) is 6.61. The van der Waals surface area contributed by atoms with E-state index in [-0.39, 0.29) is 17.2 Å². The maximum atomic E-state index is 13.9. The lowest BCUT2D eigenvalue weighted by Crippen LogP contribution is -2.48. The van der Waals surface area contributed by atoms with Gasteiger partial charge in [0.05, 0.1) is 7.11 Å². The molecule has 146 valence electrons. The van der Waals surface area contributed by atoms with Gasteiger partial charge in [-0.1, -0.05) is 12.1 Å². The van der Waals surface area contributed by atoms with E-state index in [1.54, 1.807) is 6.07 Å². The minimum Gasteiger partial charge on any atom is -0.494 e. The first-order valence-corrected chi connectivity index (χ1v) is 10.3. The summed E-state index contributed by atoms with van der Waals surface area (Å²) in [5.41, 5.74) is 2.81. The first kappa shape index (κ1) is 17.7. The van der Waals surface area contributed by atoms with Crippen LogP contribution in [-0.4, -0.2) is 13.0 Å². The van der Waals surface area contributed by atoms with Crippen LogP contribution in [0.15, 0.2) is 42.5 Å². The van der Waals surface area contributed by atoms with E-state index in [1.807, 2.05) is 12.1 Å². The Labute approximate surface area is 165 Å². The van der Waals surface area contributed by atoms with Crippen LogP contribution in [0.5, 0.6) is 5.75 Å². The molecule has 3 nitrogen and oxygen atoms in total. The number of carbonyl (C=O) groups is 1. The lowest BCUT2D eigenvalue weighted by molar-refractivity contribution is -0.00518. The summed E-state index contributed by atoms with van der Waals surface area (Å²) < 4.78 is 18.8. The quantitative estimate of drug-likeness (QED) is 0.756. The summed E-state index contributed by atoms with van der Waals surface area (Å²) >= 11 is 0. The van der Waals surface area contributed by atoms with Crippen LogP contribution in [0.1, 0.15) is 54.4 Å². The number of halogens is 1. The summed E-state index contributed by atoms with van der Waals surface area (Å²) in [5.74, 6) is 2.02. The first-order valence-electron chi connectivity index (χ1n) is 10.3. The minimum atomic E-state index is -0.535. The van der Waals surface area contributed by atoms with Gasteiger partial charge in [0.15, 0.2) is 11.6 Å². The Kier molecular flexibility index (Phi) is 4.18. The molecule has 1 amide bonds. The van der Waals surface area contributed by atoms with Gasteiger partial charge >= 0.3 is 0 Å². The SMILES string of the molecule is COc1ccc(C(=O)Nc2ccc(C34CC5CC(CC(C5)C3)C4)cc2)cc1F. The molecule has 0 aromatic heterocycles. The maximum absolute atomic E-state index is 13.9. The van der Waals surface area contributed by atoms with Crippen molar-refractivity contribution in [2.45, 2.75) is 43.9 Å². The van der Waals surface area contributed by atoms with E-state index < -0.39 is 5.82 Å². The number of anilines is 1. The van der Waals surface area contributed by atoms with Crippen LogP contribution in [0.2, 0.25) is 0 Å². The average Bonchev–Trinajstić information content (AvgIpc) is 2.67. The molecule has 4 fully saturated rings. The Bertz CT molecular complexity index is 870. The van der Waals surface area contributed by atoms with E-state index in [0.717, 1.165) is 23.4 Å². The predicted octanol–water partition coefficient (Wildman–Crippen LogP) is 5.55. The topological polar surface area (TPSA) is 38.3 Å². The number of benzene rings is 2. The Hall–Kier alpha value is -2.36. The summed E-state index contributed by atoms with van der Waals surface area (Å²) in [4.78, 5) is 12.5. The summed E-state index contributed by atoms with van der Waals surface area (Å²) in [5, 5.41) is 2.88. The van der Waals surface area contributed by atoms with Gasteiger partial charge in [-0.15, -0.1) is 0 Å². The fraction of sp³-hybridized carbons (Fsp3) is 0.458. The highest BCUT2D eigenvalue weighted by atomic mass is 19.1. The van der Waals surface area contributed by atoms with Crippen molar-refractivity contribution >= 4 is 11.6 Å². The van der Waals surface area contributed by atoms with Gasteiger partial charge in [-0.3, -0.25) is 4.79 Å². The van der Waals surface area contributed by atoms with Crippen LogP contribution in [-0.2, 0) is 5.41 Å². The van der Waals surface area contributed by atoms with Gasteiger partial charge in [0.1, 0.15) is 0 Å². The van der Waals surface area contributed by atoms with E-state index >= 15 is 0 Å². The zero-order valence-electron chi connectivity index (χ0n) is 16.2. The monoisotopic (exact) mass is 379 g/mol. The van der Waals surface area contributed by atoms with Crippen LogP contribution < -0.4 is 10.1 Å². The van der Waals surface area contributed by atoms with Crippen LogP contribution >= 0.6 is 0 Å². The molecule has 4 bridgehead atoms. The van der Waals surface area contributed by atoms with Gasteiger partial charge in [-0.2, -0.15) is 0 Å². The van der Waals surface area contributed by atoms with Crippen molar-refractivity contribution in [3.05, 3.63) is 59.4 Å². The predicted molar refractivity (Wildman–Crippen MR) is 107 cm³/mol. The summed E-state index contributed by atoms with van der Waals surface area (Å²) in [6.45, 7) is 0. The molecule has 2 aromatic rings. The second-order valence-electron chi connectivity index (χ2n) is 9.08. The number of rotatable bonds is 4. The Morgan fingerprint density at radius 2 is 1.61 bits per heavy atom. The Morgan fingerprint density at radius 1 is 1.00 bits per heavy atom. The molecule has 4 aliphatic rings. The van der Waals surface area contributed by atoms with Crippen molar-refractivity contribution in [2.75, 3.05) is 12.4 Å². The minimum absolute atomic E-state index is 0.136. The van der Waals surface area contributed by atoms with Crippen LogP contribution in [0, 0.1) is 23.6 Å². The molecule has 4 heteroatoms. The number of hydrogen-bond donors (Lipinski definition) is 1. The Morgan fingerprint density at radius 3 is 2.14 bits per heavy atom. The zero-order chi connectivity index (χ0) is 19.3. The van der Waals surface area contributed by atoms with E-state index in [4.69, 9.17) is 4.74 Å². The smallest absolute Gasteiger partial charge is 0.255 e. The van der Waals surface area contributed by atoms with Gasteiger partial charge in [0.25, 0.3) is 5.91 Å². The van der Waals surface area contributed by atoms with Crippen LogP contribution in [0.3, 0.4) is 0 Å². The largest absolute Gasteiger partial charge is 0.494 e. The third kappa shape index (κ3) is 2.99. The molecule has 28 heavy (non-hydrogen) atoms. The standard InChI is InChI=1S/C24H26FNO2/c1-28-22-7-2-18(11-21(22)25)23(27)26-20-5-3-19(4-6-20)24-12-15-8-16(13-24)10-17(9-15)14-24/h2-7,11,15-17H,8-10,12-14H2,1H3,(H,26,27). The number of amides is 1. The molecule has 4 saturated carbocycles. The highest BCUT2D eigenvalue weighted by molar-refractivity contribution is 6.04. The zero-order valence-corrected chi connectivity index (χ0v) is 16.2. The van der Waals surface area contributed by atoms with Gasteiger partial charge in [-0.05, 0) is 97.6 Å². The number of nitrogens with one attached hydrogen (secondary N) is 1. The van der Waals surface area contributed by atoms with Gasteiger partial charge < -0.3 is 10.1 Å². The van der Waals surface area contributed by atoms with Crippen molar-refractivity contribution in [1.29, 1.82) is 0 Å². The number of methoxy groups -OCH3 is 1. The lowest BCUT2D eigenvalue weighted by Gasteiger charge is -2.57. The molecule has 2 aromatic carbocycles. The van der Waals surface area contributed by atoms with Crippen molar-refractivity contribution in [1.82, 2.24) is 0 Å². The summed E-state index contributed by atoms with van der Waals surface area (Å²) in [6, 6.07) is 12.6. The molecule has 6 rings (SSSR count). The molecule has 0 spiro atoms. The van der Waals surface area contributed by atoms with E-state index in [2.05, 4.69) is 17.4 Å². The first-order chi connectivity index (χ1) is 13.5. The van der Waals surface area contributed by atoms with Crippen LogP contribution in [0.4, 0.5) is 10.1 Å². The van der Waals surface area contributed by atoms with Gasteiger partial charge in [-0.25, -0.2) is 4.39 Å². The summed E-state index contributed by atoms with van der Waals surface area (Å²) in [7, 11) is 1.41. The fourth-order valence-corrected chi connectivity index (χ4v) is 6.38. The van der Waals surface area contributed by atoms with E-state index in [0.29, 0.717) is 5.41 Å². The Balaban J connectivity index is 1.32. The molecule has 0 saturated heterocycles. The average molecular weight is 379 g/mol. The van der Waals surface area contributed by atoms with E-state index in [1.165, 1.54) is 63.3 Å². The number of ether oxygens (including phenoxy) is 1. The van der Waals surface area contributed by atoms with E-state index in [9.17, 15) is 9.18 Å². The van der Waals surface area contributed by atoms with Crippen molar-refractivity contribution in [2.24, 2.45) is 17.8 Å². The van der Waals surface area contributed by atoms with Gasteiger partial charge in [0.2, 0.25) is 0 Å².